The number of aliphatic carboxylic acids is 1. The number of carbonyl (C=O) groups is 1. The molecular formula is C16H13BrN2O6. The van der Waals surface area contributed by atoms with Gasteiger partial charge in [0.2, 0.25) is 0 Å². The van der Waals surface area contributed by atoms with E-state index in [0.29, 0.717) is 21.5 Å². The number of benzene rings is 2. The Kier molecular flexibility index (Phi) is 6.07. The van der Waals surface area contributed by atoms with E-state index in [1.165, 1.54) is 31.4 Å². The molecule has 0 aliphatic heterocycles. The van der Waals surface area contributed by atoms with Crippen LogP contribution in [0, 0.1) is 10.1 Å². The molecule has 0 aliphatic carbocycles. The highest BCUT2D eigenvalue weighted by molar-refractivity contribution is 9.10. The fourth-order valence-electron chi connectivity index (χ4n) is 1.90. The van der Waals surface area contributed by atoms with Crippen LogP contribution in [0.4, 0.5) is 11.4 Å². The molecule has 130 valence electrons. The Morgan fingerprint density at radius 2 is 2.04 bits per heavy atom. The van der Waals surface area contributed by atoms with Gasteiger partial charge in [-0.05, 0) is 45.8 Å². The van der Waals surface area contributed by atoms with Crippen molar-refractivity contribution in [1.29, 1.82) is 0 Å². The van der Waals surface area contributed by atoms with E-state index in [2.05, 4.69) is 20.9 Å². The van der Waals surface area contributed by atoms with Crippen molar-refractivity contribution < 1.29 is 24.3 Å². The van der Waals surface area contributed by atoms with Gasteiger partial charge in [-0.3, -0.25) is 15.1 Å². The minimum absolute atomic E-state index is 0.0108. The van der Waals surface area contributed by atoms with Crippen molar-refractivity contribution in [3.8, 4) is 11.5 Å². The zero-order valence-corrected chi connectivity index (χ0v) is 14.6. The molecule has 0 unspecified atom stereocenters. The SMILES string of the molecule is COc1cc(C=Nc2ccc([N+](=O)[O-])cc2)cc(Br)c1OCC(=O)O. The van der Waals surface area contributed by atoms with Gasteiger partial charge in [0.1, 0.15) is 0 Å². The minimum Gasteiger partial charge on any atom is -0.493 e. The van der Waals surface area contributed by atoms with E-state index >= 15 is 0 Å². The van der Waals surface area contributed by atoms with Crippen LogP contribution < -0.4 is 9.47 Å². The molecule has 8 nitrogen and oxygen atoms in total. The lowest BCUT2D eigenvalue weighted by Gasteiger charge is -2.12. The Labute approximate surface area is 151 Å². The molecular weight excluding hydrogens is 396 g/mol. The number of methoxy groups -OCH3 is 1. The number of nitro groups is 1. The third-order valence-electron chi connectivity index (χ3n) is 3.01. The first-order valence-corrected chi connectivity index (χ1v) is 7.70. The van der Waals surface area contributed by atoms with Crippen LogP contribution in [0.15, 0.2) is 45.9 Å². The predicted octanol–water partition coefficient (Wildman–Crippen LogP) is 3.58. The van der Waals surface area contributed by atoms with Crippen LogP contribution in [0.25, 0.3) is 0 Å². The molecule has 0 bridgehead atoms. The van der Waals surface area contributed by atoms with Gasteiger partial charge < -0.3 is 14.6 Å². The first-order chi connectivity index (χ1) is 11.9. The Morgan fingerprint density at radius 3 is 2.60 bits per heavy atom. The van der Waals surface area contributed by atoms with E-state index in [-0.39, 0.29) is 11.4 Å². The largest absolute Gasteiger partial charge is 0.493 e. The van der Waals surface area contributed by atoms with Gasteiger partial charge >= 0.3 is 5.97 Å². The van der Waals surface area contributed by atoms with Crippen LogP contribution in [-0.4, -0.2) is 35.9 Å². The van der Waals surface area contributed by atoms with Crippen molar-refractivity contribution in [1.82, 2.24) is 0 Å². The van der Waals surface area contributed by atoms with Gasteiger partial charge in [0, 0.05) is 18.3 Å². The van der Waals surface area contributed by atoms with Crippen LogP contribution in [0.1, 0.15) is 5.56 Å². The highest BCUT2D eigenvalue weighted by atomic mass is 79.9. The molecule has 9 heteroatoms. The van der Waals surface area contributed by atoms with Crippen molar-refractivity contribution >= 4 is 39.5 Å². The average molecular weight is 409 g/mol. The monoisotopic (exact) mass is 408 g/mol. The molecule has 0 saturated carbocycles. The van der Waals surface area contributed by atoms with E-state index in [1.54, 1.807) is 18.3 Å². The van der Waals surface area contributed by atoms with Crippen molar-refractivity contribution in [3.63, 3.8) is 0 Å². The number of aliphatic imine (C=N–C) groups is 1. The van der Waals surface area contributed by atoms with Crippen LogP contribution in [0.3, 0.4) is 0 Å². The molecule has 25 heavy (non-hydrogen) atoms. The van der Waals surface area contributed by atoms with Gasteiger partial charge in [-0.25, -0.2) is 4.79 Å². The van der Waals surface area contributed by atoms with Crippen LogP contribution in [0.5, 0.6) is 11.5 Å². The van der Waals surface area contributed by atoms with E-state index in [4.69, 9.17) is 14.6 Å². The number of carboxylic acid groups (broad SMARTS) is 1. The van der Waals surface area contributed by atoms with Crippen molar-refractivity contribution in [2.75, 3.05) is 13.7 Å². The topological polar surface area (TPSA) is 111 Å². The van der Waals surface area contributed by atoms with E-state index < -0.39 is 17.5 Å². The Hall–Kier alpha value is -2.94. The van der Waals surface area contributed by atoms with E-state index in [9.17, 15) is 14.9 Å². The lowest BCUT2D eigenvalue weighted by Crippen LogP contribution is -2.10. The molecule has 0 amide bonds. The lowest BCUT2D eigenvalue weighted by atomic mass is 10.2. The number of nitro benzene ring substituents is 1. The molecule has 0 heterocycles. The summed E-state index contributed by atoms with van der Waals surface area (Å²) in [7, 11) is 1.44. The van der Waals surface area contributed by atoms with Crippen LogP contribution in [0.2, 0.25) is 0 Å². The standard InChI is InChI=1S/C16H13BrN2O6/c1-24-14-7-10(6-13(17)16(14)25-9-15(20)21)8-18-11-2-4-12(5-3-11)19(22)23/h2-8H,9H2,1H3,(H,20,21). The average Bonchev–Trinajstić information content (AvgIpc) is 2.58. The third-order valence-corrected chi connectivity index (χ3v) is 3.60. The molecule has 0 fully saturated rings. The quantitative estimate of drug-likeness (QED) is 0.425. The number of hydrogen-bond donors (Lipinski definition) is 1. The summed E-state index contributed by atoms with van der Waals surface area (Å²) in [5, 5.41) is 19.3. The maximum atomic E-state index is 10.6. The van der Waals surface area contributed by atoms with Crippen molar-refractivity contribution in [2.45, 2.75) is 0 Å². The molecule has 2 aromatic carbocycles. The highest BCUT2D eigenvalue weighted by Gasteiger charge is 2.12. The van der Waals surface area contributed by atoms with Gasteiger partial charge in [-0.15, -0.1) is 0 Å². The number of non-ortho nitro benzene ring substituents is 1. The first-order valence-electron chi connectivity index (χ1n) is 6.91. The van der Waals surface area contributed by atoms with Gasteiger partial charge in [-0.1, -0.05) is 0 Å². The molecule has 2 rings (SSSR count). The van der Waals surface area contributed by atoms with E-state index in [1.807, 2.05) is 0 Å². The maximum Gasteiger partial charge on any atom is 0.341 e. The molecule has 0 radical (unpaired) electrons. The molecule has 1 N–H and O–H groups in total. The predicted molar refractivity (Wildman–Crippen MR) is 94.2 cm³/mol. The number of carboxylic acids is 1. The molecule has 0 spiro atoms. The highest BCUT2D eigenvalue weighted by Crippen LogP contribution is 2.36. The number of halogens is 1. The van der Waals surface area contributed by atoms with E-state index in [0.717, 1.165) is 0 Å². The van der Waals surface area contributed by atoms with Gasteiger partial charge in [0.15, 0.2) is 18.1 Å². The minimum atomic E-state index is -1.10. The van der Waals surface area contributed by atoms with Crippen LogP contribution in [-0.2, 0) is 4.79 Å². The number of nitrogens with zero attached hydrogens (tertiary/aromatic N) is 2. The van der Waals surface area contributed by atoms with Gasteiger partial charge in [0.05, 0.1) is 22.2 Å². The zero-order chi connectivity index (χ0) is 18.4. The summed E-state index contributed by atoms with van der Waals surface area (Å²) in [6.45, 7) is -0.495. The Morgan fingerprint density at radius 1 is 1.36 bits per heavy atom. The summed E-state index contributed by atoms with van der Waals surface area (Å²) in [5.74, 6) is -0.476. The summed E-state index contributed by atoms with van der Waals surface area (Å²) < 4.78 is 10.9. The second-order valence-electron chi connectivity index (χ2n) is 4.75. The molecule has 2 aromatic rings. The van der Waals surface area contributed by atoms with Crippen molar-refractivity contribution in [2.24, 2.45) is 4.99 Å². The summed E-state index contributed by atoms with van der Waals surface area (Å²) in [4.78, 5) is 25.0. The smallest absolute Gasteiger partial charge is 0.341 e. The molecule has 0 saturated heterocycles. The summed E-state index contributed by atoms with van der Waals surface area (Å²) in [6.07, 6.45) is 1.55. The summed E-state index contributed by atoms with van der Waals surface area (Å²) in [5.41, 5.74) is 1.21. The first kappa shape index (κ1) is 18.4. The normalized spacial score (nSPS) is 10.6. The van der Waals surface area contributed by atoms with Crippen molar-refractivity contribution in [3.05, 3.63) is 56.5 Å². The summed E-state index contributed by atoms with van der Waals surface area (Å²) in [6, 6.07) is 9.12. The summed E-state index contributed by atoms with van der Waals surface area (Å²) >= 11 is 3.31. The van der Waals surface area contributed by atoms with Gasteiger partial charge in [-0.2, -0.15) is 0 Å². The number of hydrogen-bond acceptors (Lipinski definition) is 6. The van der Waals surface area contributed by atoms with Crippen LogP contribution >= 0.6 is 15.9 Å². The second kappa shape index (κ2) is 8.25. The number of ether oxygens (including phenoxy) is 2. The molecule has 0 atom stereocenters. The second-order valence-corrected chi connectivity index (χ2v) is 5.60. The lowest BCUT2D eigenvalue weighted by molar-refractivity contribution is -0.384. The third kappa shape index (κ3) is 5.01. The molecule has 0 aromatic heterocycles. The Bertz CT molecular complexity index is 820. The maximum absolute atomic E-state index is 10.6. The fraction of sp³-hybridized carbons (Fsp3) is 0.125. The Balaban J connectivity index is 2.23. The number of rotatable bonds is 7. The zero-order valence-electron chi connectivity index (χ0n) is 13.0. The van der Waals surface area contributed by atoms with Gasteiger partial charge in [0.25, 0.3) is 5.69 Å². The fourth-order valence-corrected chi connectivity index (χ4v) is 2.47. The molecule has 0 aliphatic rings.